The summed E-state index contributed by atoms with van der Waals surface area (Å²) in [6, 6.07) is 12.7. The highest BCUT2D eigenvalue weighted by atomic mass is 16.1. The van der Waals surface area contributed by atoms with Crippen molar-refractivity contribution in [3.05, 3.63) is 48.2 Å². The number of carbonyl (C=O) groups excluding carboxylic acids is 1. The van der Waals surface area contributed by atoms with Gasteiger partial charge in [0.25, 0.3) is 0 Å². The van der Waals surface area contributed by atoms with E-state index in [2.05, 4.69) is 21.7 Å². The van der Waals surface area contributed by atoms with Crippen molar-refractivity contribution in [2.24, 2.45) is 5.92 Å². The molecule has 0 fully saturated rings. The first-order valence-electron chi connectivity index (χ1n) is 6.62. The Balaban J connectivity index is 2.02. The fraction of sp³-hybridized carbons (Fsp3) is 0.188. The number of nitrogens with zero attached hydrogens (tertiary/aromatic N) is 2. The van der Waals surface area contributed by atoms with E-state index in [0.717, 1.165) is 5.69 Å². The number of hydrogen-bond acceptors (Lipinski definition) is 4. The lowest BCUT2D eigenvalue weighted by Gasteiger charge is -2.09. The fourth-order valence-electron chi connectivity index (χ4n) is 1.60. The molecule has 0 bridgehead atoms. The van der Waals surface area contributed by atoms with E-state index in [1.165, 1.54) is 0 Å². The molecule has 106 valence electrons. The molecule has 0 spiro atoms. The molecule has 1 amide bonds. The van der Waals surface area contributed by atoms with Crippen molar-refractivity contribution in [1.82, 2.24) is 4.98 Å². The summed E-state index contributed by atoms with van der Waals surface area (Å²) in [6.07, 6.45) is 1.60. The summed E-state index contributed by atoms with van der Waals surface area (Å²) in [4.78, 5) is 15.8. The van der Waals surface area contributed by atoms with E-state index in [1.54, 1.807) is 30.5 Å². The van der Waals surface area contributed by atoms with Crippen LogP contribution in [0.25, 0.3) is 0 Å². The van der Waals surface area contributed by atoms with Gasteiger partial charge in [-0.25, -0.2) is 4.98 Å². The third kappa shape index (κ3) is 4.05. The molecule has 21 heavy (non-hydrogen) atoms. The van der Waals surface area contributed by atoms with Crippen molar-refractivity contribution < 1.29 is 4.79 Å². The molecule has 5 nitrogen and oxygen atoms in total. The van der Waals surface area contributed by atoms with E-state index in [4.69, 9.17) is 5.26 Å². The van der Waals surface area contributed by atoms with Gasteiger partial charge in [-0.05, 0) is 36.4 Å². The van der Waals surface area contributed by atoms with Crippen molar-refractivity contribution in [2.45, 2.75) is 13.8 Å². The summed E-state index contributed by atoms with van der Waals surface area (Å²) in [5.41, 5.74) is 2.12. The first kappa shape index (κ1) is 14.5. The average molecular weight is 280 g/mol. The topological polar surface area (TPSA) is 77.8 Å². The molecular weight excluding hydrogens is 264 g/mol. The highest BCUT2D eigenvalue weighted by molar-refractivity contribution is 5.91. The van der Waals surface area contributed by atoms with Gasteiger partial charge in [-0.2, -0.15) is 5.26 Å². The third-order valence-electron chi connectivity index (χ3n) is 2.84. The van der Waals surface area contributed by atoms with Gasteiger partial charge in [0, 0.05) is 11.6 Å². The number of nitriles is 1. The predicted molar refractivity (Wildman–Crippen MR) is 82.1 cm³/mol. The van der Waals surface area contributed by atoms with Crippen LogP contribution in [0.5, 0.6) is 0 Å². The standard InChI is InChI=1S/C16H16N4O/c1-11(2)16(21)20-14-7-8-15(18-10-14)19-13-5-3-12(9-17)4-6-13/h3-8,10-11H,1-2H3,(H,18,19)(H,20,21). The molecule has 2 N–H and O–H groups in total. The number of pyridine rings is 1. The first-order chi connectivity index (χ1) is 10.1. The number of rotatable bonds is 4. The Bertz CT molecular complexity index is 654. The molecule has 0 unspecified atom stereocenters. The summed E-state index contributed by atoms with van der Waals surface area (Å²) < 4.78 is 0. The van der Waals surface area contributed by atoms with Crippen LogP contribution in [0.2, 0.25) is 0 Å². The smallest absolute Gasteiger partial charge is 0.226 e. The Morgan fingerprint density at radius 3 is 2.33 bits per heavy atom. The maximum atomic E-state index is 11.6. The Kier molecular flexibility index (Phi) is 4.52. The number of hydrogen-bond donors (Lipinski definition) is 2. The Labute approximate surface area is 123 Å². The second kappa shape index (κ2) is 6.53. The molecular formula is C16H16N4O. The van der Waals surface area contributed by atoms with E-state index in [1.807, 2.05) is 26.0 Å². The number of nitrogens with one attached hydrogen (secondary N) is 2. The molecule has 5 heteroatoms. The Morgan fingerprint density at radius 2 is 1.81 bits per heavy atom. The maximum Gasteiger partial charge on any atom is 0.226 e. The van der Waals surface area contributed by atoms with Crippen molar-refractivity contribution in [1.29, 1.82) is 5.26 Å². The number of anilines is 3. The van der Waals surface area contributed by atoms with Gasteiger partial charge in [0.2, 0.25) is 5.91 Å². The van der Waals surface area contributed by atoms with Crippen LogP contribution in [0.3, 0.4) is 0 Å². The van der Waals surface area contributed by atoms with Crippen molar-refractivity contribution in [3.8, 4) is 6.07 Å². The van der Waals surface area contributed by atoms with Crippen LogP contribution in [-0.4, -0.2) is 10.9 Å². The minimum atomic E-state index is -0.0681. The molecule has 0 radical (unpaired) electrons. The lowest BCUT2D eigenvalue weighted by Crippen LogP contribution is -2.17. The Morgan fingerprint density at radius 1 is 1.14 bits per heavy atom. The second-order valence-electron chi connectivity index (χ2n) is 4.89. The summed E-state index contributed by atoms with van der Waals surface area (Å²) in [5.74, 6) is 0.563. The lowest BCUT2D eigenvalue weighted by atomic mass is 10.2. The molecule has 2 aromatic rings. The number of aromatic nitrogens is 1. The van der Waals surface area contributed by atoms with Crippen LogP contribution in [0.1, 0.15) is 19.4 Å². The highest BCUT2D eigenvalue weighted by Gasteiger charge is 2.07. The molecule has 0 atom stereocenters. The summed E-state index contributed by atoms with van der Waals surface area (Å²) in [7, 11) is 0. The predicted octanol–water partition coefficient (Wildman–Crippen LogP) is 3.29. The van der Waals surface area contributed by atoms with Crippen molar-refractivity contribution in [2.75, 3.05) is 10.6 Å². The zero-order valence-corrected chi connectivity index (χ0v) is 11.9. The van der Waals surface area contributed by atoms with E-state index >= 15 is 0 Å². The summed E-state index contributed by atoms with van der Waals surface area (Å²) in [5, 5.41) is 14.6. The van der Waals surface area contributed by atoms with E-state index < -0.39 is 0 Å². The molecule has 0 aliphatic heterocycles. The number of amides is 1. The van der Waals surface area contributed by atoms with Gasteiger partial charge in [-0.1, -0.05) is 13.8 Å². The maximum absolute atomic E-state index is 11.6. The van der Waals surface area contributed by atoms with Crippen LogP contribution in [0.15, 0.2) is 42.6 Å². The molecule has 0 aliphatic carbocycles. The average Bonchev–Trinajstić information content (AvgIpc) is 2.50. The number of carbonyl (C=O) groups is 1. The lowest BCUT2D eigenvalue weighted by molar-refractivity contribution is -0.118. The fourth-order valence-corrected chi connectivity index (χ4v) is 1.60. The minimum Gasteiger partial charge on any atom is -0.340 e. The minimum absolute atomic E-state index is 0.0374. The molecule has 1 heterocycles. The molecule has 1 aromatic carbocycles. The van der Waals surface area contributed by atoms with Gasteiger partial charge < -0.3 is 10.6 Å². The van der Waals surface area contributed by atoms with Gasteiger partial charge >= 0.3 is 0 Å². The summed E-state index contributed by atoms with van der Waals surface area (Å²) >= 11 is 0. The van der Waals surface area contributed by atoms with E-state index in [9.17, 15) is 4.79 Å². The van der Waals surface area contributed by atoms with Gasteiger partial charge in [0.1, 0.15) is 5.82 Å². The summed E-state index contributed by atoms with van der Waals surface area (Å²) in [6.45, 7) is 3.67. The van der Waals surface area contributed by atoms with Gasteiger partial charge in [-0.3, -0.25) is 4.79 Å². The molecule has 0 saturated heterocycles. The second-order valence-corrected chi connectivity index (χ2v) is 4.89. The SMILES string of the molecule is CC(C)C(=O)Nc1ccc(Nc2ccc(C#N)cc2)nc1. The normalized spacial score (nSPS) is 10.0. The molecule has 2 rings (SSSR count). The van der Waals surface area contributed by atoms with Crippen LogP contribution in [0, 0.1) is 17.2 Å². The van der Waals surface area contributed by atoms with E-state index in [0.29, 0.717) is 17.1 Å². The van der Waals surface area contributed by atoms with Gasteiger partial charge in [0.15, 0.2) is 0 Å². The first-order valence-corrected chi connectivity index (χ1v) is 6.62. The third-order valence-corrected chi connectivity index (χ3v) is 2.84. The highest BCUT2D eigenvalue weighted by Crippen LogP contribution is 2.17. The molecule has 0 aliphatic rings. The van der Waals surface area contributed by atoms with Crippen LogP contribution in [0.4, 0.5) is 17.2 Å². The van der Waals surface area contributed by atoms with Gasteiger partial charge in [-0.15, -0.1) is 0 Å². The Hall–Kier alpha value is -2.87. The largest absolute Gasteiger partial charge is 0.340 e. The van der Waals surface area contributed by atoms with E-state index in [-0.39, 0.29) is 11.8 Å². The molecule has 1 aromatic heterocycles. The van der Waals surface area contributed by atoms with Crippen molar-refractivity contribution >= 4 is 23.1 Å². The van der Waals surface area contributed by atoms with Crippen LogP contribution < -0.4 is 10.6 Å². The zero-order chi connectivity index (χ0) is 15.2. The van der Waals surface area contributed by atoms with Gasteiger partial charge in [0.05, 0.1) is 23.5 Å². The quantitative estimate of drug-likeness (QED) is 0.900. The zero-order valence-electron chi connectivity index (χ0n) is 11.9. The number of benzene rings is 1. The monoisotopic (exact) mass is 280 g/mol. The van der Waals surface area contributed by atoms with Crippen LogP contribution >= 0.6 is 0 Å². The van der Waals surface area contributed by atoms with Crippen LogP contribution in [-0.2, 0) is 4.79 Å². The van der Waals surface area contributed by atoms with Crippen molar-refractivity contribution in [3.63, 3.8) is 0 Å². The molecule has 0 saturated carbocycles.